The van der Waals surface area contributed by atoms with Crippen molar-refractivity contribution in [3.05, 3.63) is 28.8 Å². The summed E-state index contributed by atoms with van der Waals surface area (Å²) < 4.78 is 5.36. The Hall–Kier alpha value is -0.980. The van der Waals surface area contributed by atoms with Crippen LogP contribution in [0.2, 0.25) is 0 Å². The first-order valence-electron chi connectivity index (χ1n) is 5.22. The molecule has 0 saturated carbocycles. The van der Waals surface area contributed by atoms with Crippen LogP contribution in [0.3, 0.4) is 0 Å². The topological polar surface area (TPSA) is 9.23 Å². The van der Waals surface area contributed by atoms with Gasteiger partial charge in [0.1, 0.15) is 5.75 Å². The Balaban J connectivity index is 2.56. The summed E-state index contributed by atoms with van der Waals surface area (Å²) in [5.74, 6) is 1.03. The summed E-state index contributed by atoms with van der Waals surface area (Å²) in [6.45, 7) is 6.74. The van der Waals surface area contributed by atoms with Gasteiger partial charge in [-0.15, -0.1) is 0 Å². The average molecular weight is 190 g/mol. The Labute approximate surface area is 86.1 Å². The van der Waals surface area contributed by atoms with Gasteiger partial charge >= 0.3 is 0 Å². The van der Waals surface area contributed by atoms with Gasteiger partial charge in [-0.1, -0.05) is 19.9 Å². The zero-order valence-corrected chi connectivity index (χ0v) is 9.48. The predicted molar refractivity (Wildman–Crippen MR) is 59.1 cm³/mol. The molecule has 0 aliphatic heterocycles. The van der Waals surface area contributed by atoms with Gasteiger partial charge in [-0.05, 0) is 47.9 Å². The van der Waals surface area contributed by atoms with Gasteiger partial charge < -0.3 is 4.74 Å². The van der Waals surface area contributed by atoms with Crippen molar-refractivity contribution >= 4 is 0 Å². The van der Waals surface area contributed by atoms with Crippen LogP contribution in [0.1, 0.15) is 37.0 Å². The number of hydrogen-bond donors (Lipinski definition) is 0. The van der Waals surface area contributed by atoms with Crippen LogP contribution in [0.25, 0.3) is 0 Å². The summed E-state index contributed by atoms with van der Waals surface area (Å²) in [4.78, 5) is 0. The Morgan fingerprint density at radius 3 is 2.64 bits per heavy atom. The maximum absolute atomic E-state index is 5.36. The highest BCUT2D eigenvalue weighted by Crippen LogP contribution is 2.41. The van der Waals surface area contributed by atoms with E-state index in [9.17, 15) is 0 Å². The molecule has 0 spiro atoms. The number of hydrogen-bond acceptors (Lipinski definition) is 1. The quantitative estimate of drug-likeness (QED) is 0.660. The van der Waals surface area contributed by atoms with Crippen LogP contribution in [0.4, 0.5) is 0 Å². The maximum Gasteiger partial charge on any atom is 0.122 e. The van der Waals surface area contributed by atoms with E-state index in [2.05, 4.69) is 32.9 Å². The molecule has 0 bridgehead atoms. The summed E-state index contributed by atoms with van der Waals surface area (Å²) in [7, 11) is 1.75. The predicted octanol–water partition coefficient (Wildman–Crippen LogP) is 3.23. The molecule has 1 aromatic rings. The fourth-order valence-corrected chi connectivity index (χ4v) is 2.39. The molecule has 76 valence electrons. The number of rotatable bonds is 1. The molecule has 0 radical (unpaired) electrons. The highest BCUT2D eigenvalue weighted by molar-refractivity contribution is 5.47. The van der Waals surface area contributed by atoms with Crippen molar-refractivity contribution in [2.75, 3.05) is 7.11 Å². The number of methoxy groups -OCH3 is 1. The number of aryl methyl sites for hydroxylation is 2. The Kier molecular flexibility index (Phi) is 2.06. The van der Waals surface area contributed by atoms with Crippen molar-refractivity contribution < 1.29 is 4.74 Å². The Bertz CT molecular complexity index is 364. The first kappa shape index (κ1) is 9.57. The van der Waals surface area contributed by atoms with Crippen LogP contribution in [0.5, 0.6) is 5.75 Å². The minimum atomic E-state index is 0.330. The lowest BCUT2D eigenvalue weighted by molar-refractivity contribution is 0.409. The van der Waals surface area contributed by atoms with Crippen molar-refractivity contribution in [3.8, 4) is 5.75 Å². The van der Waals surface area contributed by atoms with E-state index in [1.165, 1.54) is 29.5 Å². The Morgan fingerprint density at radius 2 is 2.00 bits per heavy atom. The monoisotopic (exact) mass is 190 g/mol. The van der Waals surface area contributed by atoms with Crippen molar-refractivity contribution in [3.63, 3.8) is 0 Å². The second-order valence-corrected chi connectivity index (χ2v) is 4.86. The zero-order valence-electron chi connectivity index (χ0n) is 9.48. The molecule has 14 heavy (non-hydrogen) atoms. The molecule has 0 fully saturated rings. The standard InChI is InChI=1S/C13H18O/c1-9-7-10-5-6-13(2,3)11(10)8-12(9)14-4/h7-8H,5-6H2,1-4H3. The third-order valence-corrected chi connectivity index (χ3v) is 3.37. The lowest BCUT2D eigenvalue weighted by atomic mass is 9.86. The van der Waals surface area contributed by atoms with Crippen LogP contribution in [-0.2, 0) is 11.8 Å². The first-order valence-corrected chi connectivity index (χ1v) is 5.22. The number of benzene rings is 1. The van der Waals surface area contributed by atoms with Gasteiger partial charge in [-0.25, -0.2) is 0 Å². The van der Waals surface area contributed by atoms with Crippen LogP contribution in [0, 0.1) is 6.92 Å². The minimum absolute atomic E-state index is 0.330. The summed E-state index contributed by atoms with van der Waals surface area (Å²) in [5.41, 5.74) is 4.56. The van der Waals surface area contributed by atoms with E-state index >= 15 is 0 Å². The zero-order chi connectivity index (χ0) is 10.3. The molecule has 0 amide bonds. The van der Waals surface area contributed by atoms with E-state index < -0.39 is 0 Å². The largest absolute Gasteiger partial charge is 0.496 e. The van der Waals surface area contributed by atoms with Gasteiger partial charge in [0, 0.05) is 0 Å². The normalized spacial score (nSPS) is 18.0. The second kappa shape index (κ2) is 3.01. The van der Waals surface area contributed by atoms with E-state index in [0.717, 1.165) is 5.75 Å². The van der Waals surface area contributed by atoms with E-state index in [1.54, 1.807) is 7.11 Å². The third kappa shape index (κ3) is 1.31. The molecule has 2 rings (SSSR count). The summed E-state index contributed by atoms with van der Waals surface area (Å²) >= 11 is 0. The molecule has 0 heterocycles. The van der Waals surface area contributed by atoms with E-state index in [0.29, 0.717) is 5.41 Å². The molecule has 0 atom stereocenters. The SMILES string of the molecule is COc1cc2c(cc1C)CCC2(C)C. The van der Waals surface area contributed by atoms with Crippen LogP contribution >= 0.6 is 0 Å². The maximum atomic E-state index is 5.36. The fraction of sp³-hybridized carbons (Fsp3) is 0.538. The van der Waals surface area contributed by atoms with Gasteiger partial charge in [0.15, 0.2) is 0 Å². The van der Waals surface area contributed by atoms with Crippen molar-refractivity contribution in [1.29, 1.82) is 0 Å². The molecule has 0 saturated heterocycles. The molecule has 0 aromatic heterocycles. The van der Waals surface area contributed by atoms with Crippen LogP contribution in [0.15, 0.2) is 12.1 Å². The van der Waals surface area contributed by atoms with Gasteiger partial charge in [0.05, 0.1) is 7.11 Å². The Morgan fingerprint density at radius 1 is 1.29 bits per heavy atom. The third-order valence-electron chi connectivity index (χ3n) is 3.37. The van der Waals surface area contributed by atoms with Crippen molar-refractivity contribution in [2.24, 2.45) is 0 Å². The second-order valence-electron chi connectivity index (χ2n) is 4.86. The molecule has 1 nitrogen and oxygen atoms in total. The van der Waals surface area contributed by atoms with Crippen molar-refractivity contribution in [1.82, 2.24) is 0 Å². The highest BCUT2D eigenvalue weighted by Gasteiger charge is 2.30. The van der Waals surface area contributed by atoms with Gasteiger partial charge in [0.25, 0.3) is 0 Å². The average Bonchev–Trinajstić information content (AvgIpc) is 2.41. The fourth-order valence-electron chi connectivity index (χ4n) is 2.39. The molecule has 1 aromatic carbocycles. The molecule has 0 unspecified atom stereocenters. The highest BCUT2D eigenvalue weighted by atomic mass is 16.5. The minimum Gasteiger partial charge on any atom is -0.496 e. The smallest absolute Gasteiger partial charge is 0.122 e. The van der Waals surface area contributed by atoms with E-state index in [-0.39, 0.29) is 0 Å². The molecule has 1 aliphatic rings. The molecule has 1 aliphatic carbocycles. The van der Waals surface area contributed by atoms with E-state index in [4.69, 9.17) is 4.74 Å². The lowest BCUT2D eigenvalue weighted by Gasteiger charge is -2.20. The first-order chi connectivity index (χ1) is 6.54. The van der Waals surface area contributed by atoms with Gasteiger partial charge in [-0.2, -0.15) is 0 Å². The number of fused-ring (bicyclic) bond motifs is 1. The van der Waals surface area contributed by atoms with Crippen molar-refractivity contribution in [2.45, 2.75) is 39.0 Å². The molecule has 1 heteroatoms. The number of ether oxygens (including phenoxy) is 1. The molecular formula is C13H18O. The summed E-state index contributed by atoms with van der Waals surface area (Å²) in [6.07, 6.45) is 2.47. The van der Waals surface area contributed by atoms with Gasteiger partial charge in [-0.3, -0.25) is 0 Å². The summed E-state index contributed by atoms with van der Waals surface area (Å²) in [5, 5.41) is 0. The van der Waals surface area contributed by atoms with E-state index in [1.807, 2.05) is 0 Å². The lowest BCUT2D eigenvalue weighted by Crippen LogP contribution is -2.11. The van der Waals surface area contributed by atoms with Crippen LogP contribution < -0.4 is 4.74 Å². The van der Waals surface area contributed by atoms with Crippen LogP contribution in [-0.4, -0.2) is 7.11 Å². The summed E-state index contributed by atoms with van der Waals surface area (Å²) in [6, 6.07) is 4.50. The molecular weight excluding hydrogens is 172 g/mol. The van der Waals surface area contributed by atoms with Gasteiger partial charge in [0.2, 0.25) is 0 Å². The molecule has 0 N–H and O–H groups in total.